The third-order valence-electron chi connectivity index (χ3n) is 8.47. The van der Waals surface area contributed by atoms with E-state index in [1.165, 1.54) is 44.6 Å². The minimum Gasteiger partial charge on any atom is -0.468 e. The lowest BCUT2D eigenvalue weighted by Gasteiger charge is -2.23. The van der Waals surface area contributed by atoms with E-state index in [0.29, 0.717) is 46.4 Å². The topological polar surface area (TPSA) is 120 Å². The molecule has 1 amide bonds. The van der Waals surface area contributed by atoms with Crippen LogP contribution in [0, 0.1) is 5.82 Å². The fourth-order valence-corrected chi connectivity index (χ4v) is 6.57. The smallest absolute Gasteiger partial charge is 0.422 e. The van der Waals surface area contributed by atoms with E-state index in [1.54, 1.807) is 24.3 Å². The van der Waals surface area contributed by atoms with Gasteiger partial charge in [0.15, 0.2) is 6.61 Å². The number of rotatable bonds is 7. The molecule has 0 spiro atoms. The number of amides is 1. The van der Waals surface area contributed by atoms with Crippen molar-refractivity contribution in [3.63, 3.8) is 0 Å². The van der Waals surface area contributed by atoms with Crippen LogP contribution in [0.5, 0.6) is 5.88 Å². The van der Waals surface area contributed by atoms with Crippen LogP contribution in [0.1, 0.15) is 15.9 Å². The number of aromatic nitrogens is 3. The second-order valence-corrected chi connectivity index (χ2v) is 13.6. The van der Waals surface area contributed by atoms with Crippen LogP contribution in [0.15, 0.2) is 71.3 Å². The summed E-state index contributed by atoms with van der Waals surface area (Å²) in [6, 6.07) is 16.1. The van der Waals surface area contributed by atoms with Crippen molar-refractivity contribution in [3.8, 4) is 39.8 Å². The first kappa shape index (κ1) is 32.1. The average molecular weight is 694 g/mol. The molecule has 0 bridgehead atoms. The number of nitrogens with zero attached hydrogens (tertiary/aromatic N) is 4. The lowest BCUT2D eigenvalue weighted by atomic mass is 9.99. The number of hydrogen-bond acceptors (Lipinski definition) is 7. The highest BCUT2D eigenvalue weighted by Crippen LogP contribution is 2.42. The van der Waals surface area contributed by atoms with Gasteiger partial charge in [0, 0.05) is 60.9 Å². The van der Waals surface area contributed by atoms with Gasteiger partial charge < -0.3 is 19.0 Å². The molecule has 6 aromatic rings. The molecule has 10 nitrogen and oxygen atoms in total. The molecule has 0 atom stereocenters. The van der Waals surface area contributed by atoms with E-state index in [4.69, 9.17) is 14.1 Å². The Morgan fingerprint density at radius 3 is 2.59 bits per heavy atom. The van der Waals surface area contributed by atoms with Crippen molar-refractivity contribution in [2.75, 3.05) is 31.3 Å². The van der Waals surface area contributed by atoms with Gasteiger partial charge in [-0.3, -0.25) is 9.10 Å². The van der Waals surface area contributed by atoms with Crippen LogP contribution in [-0.4, -0.2) is 62.0 Å². The van der Waals surface area contributed by atoms with Crippen molar-refractivity contribution in [3.05, 3.63) is 83.8 Å². The summed E-state index contributed by atoms with van der Waals surface area (Å²) in [5.41, 5.74) is 4.49. The van der Waals surface area contributed by atoms with Crippen molar-refractivity contribution in [1.29, 1.82) is 0 Å². The Morgan fingerprint density at radius 1 is 1.10 bits per heavy atom. The number of carbonyl (C=O) groups is 1. The second-order valence-electron chi connectivity index (χ2n) is 11.6. The highest BCUT2D eigenvalue weighted by atomic mass is 32.2. The third kappa shape index (κ3) is 5.73. The largest absolute Gasteiger partial charge is 0.468 e. The molecule has 7 rings (SSSR count). The summed E-state index contributed by atoms with van der Waals surface area (Å²) in [4.78, 5) is 22.3. The highest BCUT2D eigenvalue weighted by Gasteiger charge is 2.30. The van der Waals surface area contributed by atoms with Gasteiger partial charge in [-0.25, -0.2) is 22.8 Å². The molecule has 0 radical (unpaired) electrons. The number of sulfonamides is 1. The number of aryl methyl sites for hydroxylation is 2. The minimum atomic E-state index is -4.55. The van der Waals surface area contributed by atoms with Crippen molar-refractivity contribution >= 4 is 43.5 Å². The molecular weight excluding hydrogens is 666 g/mol. The Morgan fingerprint density at radius 2 is 1.90 bits per heavy atom. The van der Waals surface area contributed by atoms with Crippen molar-refractivity contribution < 1.29 is 39.9 Å². The highest BCUT2D eigenvalue weighted by molar-refractivity contribution is 7.92. The first-order chi connectivity index (χ1) is 23.2. The van der Waals surface area contributed by atoms with Gasteiger partial charge in [0.25, 0.3) is 5.91 Å². The van der Waals surface area contributed by atoms with Gasteiger partial charge in [-0.15, -0.1) is 0 Å². The maximum Gasteiger partial charge on any atom is 0.422 e. The van der Waals surface area contributed by atoms with Gasteiger partial charge in [0.2, 0.25) is 15.9 Å². The van der Waals surface area contributed by atoms with Gasteiger partial charge >= 0.3 is 6.18 Å². The fourth-order valence-electron chi connectivity index (χ4n) is 6.07. The molecule has 1 aliphatic rings. The van der Waals surface area contributed by atoms with Crippen LogP contribution in [0.4, 0.5) is 23.2 Å². The number of fused-ring (bicyclic) bond motifs is 6. The molecule has 15 heteroatoms. The Hall–Kier alpha value is -5.44. The number of nitrogens with one attached hydrogen (secondary N) is 1. The molecule has 0 unspecified atom stereocenters. The molecule has 1 N–H and O–H groups in total. The van der Waals surface area contributed by atoms with Gasteiger partial charge in [0.1, 0.15) is 17.2 Å². The first-order valence-corrected chi connectivity index (χ1v) is 16.8. The number of anilines is 1. The Labute approximate surface area is 277 Å². The van der Waals surface area contributed by atoms with E-state index in [1.807, 2.05) is 16.7 Å². The zero-order valence-corrected chi connectivity index (χ0v) is 27.0. The van der Waals surface area contributed by atoms with Crippen LogP contribution >= 0.6 is 0 Å². The average Bonchev–Trinajstić information content (AvgIpc) is 3.65. The Balaban J connectivity index is 1.41. The molecule has 5 heterocycles. The zero-order valence-electron chi connectivity index (χ0n) is 26.2. The van der Waals surface area contributed by atoms with E-state index in [9.17, 15) is 30.8 Å². The molecular formula is C34H27F4N5O5S. The summed E-state index contributed by atoms with van der Waals surface area (Å²) in [5.74, 6) is -1.11. The number of carbonyl (C=O) groups excluding carboxylic acids is 1. The zero-order chi connectivity index (χ0) is 34.8. The van der Waals surface area contributed by atoms with Crippen molar-refractivity contribution in [2.45, 2.75) is 19.1 Å². The molecule has 0 aliphatic carbocycles. The van der Waals surface area contributed by atoms with Crippen LogP contribution in [0.3, 0.4) is 0 Å². The van der Waals surface area contributed by atoms with Gasteiger partial charge in [-0.05, 0) is 48.4 Å². The maximum atomic E-state index is 14.8. The van der Waals surface area contributed by atoms with Gasteiger partial charge in [-0.1, -0.05) is 12.1 Å². The quantitative estimate of drug-likeness (QED) is 0.188. The van der Waals surface area contributed by atoms with E-state index in [2.05, 4.69) is 10.3 Å². The van der Waals surface area contributed by atoms with E-state index in [0.717, 1.165) is 21.6 Å². The number of pyridine rings is 2. The summed E-state index contributed by atoms with van der Waals surface area (Å²) < 4.78 is 92.3. The van der Waals surface area contributed by atoms with Crippen LogP contribution in [0.25, 0.3) is 55.8 Å². The summed E-state index contributed by atoms with van der Waals surface area (Å²) in [5, 5.41) is 3.37. The Bertz CT molecular complexity index is 2400. The van der Waals surface area contributed by atoms with Crippen LogP contribution < -0.4 is 14.4 Å². The predicted octanol–water partition coefficient (Wildman–Crippen LogP) is 6.57. The molecule has 252 valence electrons. The fraction of sp³-hybridized carbons (Fsp3) is 0.206. The molecule has 0 saturated carbocycles. The lowest BCUT2D eigenvalue weighted by Crippen LogP contribution is -2.25. The number of ether oxygens (including phenoxy) is 1. The van der Waals surface area contributed by atoms with Crippen molar-refractivity contribution in [2.24, 2.45) is 0 Å². The lowest BCUT2D eigenvalue weighted by molar-refractivity contribution is -0.154. The Kier molecular flexibility index (Phi) is 7.61. The van der Waals surface area contributed by atoms with E-state index >= 15 is 0 Å². The SMILES string of the molecule is CNC(=O)c1c(-c2ccc(OCC(F)(F)F)nc2)oc2cc(N(C)S(C)(=O)=O)c(-c3ccc4c(n3)-c3cc5c(F)cccc5n3CC4)cc12. The van der Waals surface area contributed by atoms with Gasteiger partial charge in [-0.2, -0.15) is 13.2 Å². The van der Waals surface area contributed by atoms with E-state index < -0.39 is 28.7 Å². The minimum absolute atomic E-state index is 0.0549. The van der Waals surface area contributed by atoms with Gasteiger partial charge in [0.05, 0.1) is 40.1 Å². The molecule has 2 aromatic carbocycles. The maximum absolute atomic E-state index is 14.8. The molecule has 49 heavy (non-hydrogen) atoms. The summed E-state index contributed by atoms with van der Waals surface area (Å²) in [7, 11) is -0.997. The van der Waals surface area contributed by atoms with E-state index in [-0.39, 0.29) is 39.9 Å². The monoisotopic (exact) mass is 693 g/mol. The van der Waals surface area contributed by atoms with Crippen molar-refractivity contribution in [1.82, 2.24) is 19.9 Å². The second kappa shape index (κ2) is 11.6. The molecule has 0 fully saturated rings. The summed E-state index contributed by atoms with van der Waals surface area (Å²) in [6.07, 6.45) is -1.65. The number of benzene rings is 2. The van der Waals surface area contributed by atoms with Crippen LogP contribution in [-0.2, 0) is 23.0 Å². The number of alkyl halides is 3. The normalized spacial score (nSPS) is 13.0. The summed E-state index contributed by atoms with van der Waals surface area (Å²) >= 11 is 0. The number of furan rings is 1. The number of halogens is 4. The molecule has 4 aromatic heterocycles. The first-order valence-electron chi connectivity index (χ1n) is 14.9. The van der Waals surface area contributed by atoms with Crippen LogP contribution in [0.2, 0.25) is 0 Å². The summed E-state index contributed by atoms with van der Waals surface area (Å²) in [6.45, 7) is -0.898. The molecule has 0 saturated heterocycles. The third-order valence-corrected chi connectivity index (χ3v) is 9.67. The number of hydrogen-bond donors (Lipinski definition) is 1. The predicted molar refractivity (Wildman–Crippen MR) is 175 cm³/mol. The standard InChI is InChI=1S/C34H27F4N5O5S/c1-39-33(44)30-22-13-21(24-9-7-18-11-12-43-25-6-4-5-23(35)20(25)14-27(43)31(18)41-24)26(42(2)49(3,45)46)15-28(22)48-32(30)19-8-10-29(40-16-19)47-17-34(36,37)38/h4-10,13-16H,11-12,17H2,1-3H3,(H,39,44). The molecule has 1 aliphatic heterocycles.